The molecule has 2 nitrogen and oxygen atoms in total. The van der Waals surface area contributed by atoms with Gasteiger partial charge in [0.1, 0.15) is 5.01 Å². The summed E-state index contributed by atoms with van der Waals surface area (Å²) in [6, 6.07) is 9.58. The predicted molar refractivity (Wildman–Crippen MR) is 87.9 cm³/mol. The molecule has 21 heavy (non-hydrogen) atoms. The molecule has 1 aromatic heterocycles. The second kappa shape index (κ2) is 4.92. The Morgan fingerprint density at radius 2 is 1.86 bits per heavy atom. The van der Waals surface area contributed by atoms with E-state index in [-0.39, 0.29) is 5.54 Å². The Bertz CT molecular complexity index is 630. The van der Waals surface area contributed by atoms with Crippen LogP contribution >= 0.6 is 11.3 Å². The first-order chi connectivity index (χ1) is 10.2. The Morgan fingerprint density at radius 3 is 2.38 bits per heavy atom. The monoisotopic (exact) mass is 298 g/mol. The Morgan fingerprint density at radius 1 is 1.19 bits per heavy atom. The van der Waals surface area contributed by atoms with E-state index in [2.05, 4.69) is 48.8 Å². The first kappa shape index (κ1) is 13.5. The maximum absolute atomic E-state index is 4.98. The Balaban J connectivity index is 1.71. The van der Waals surface area contributed by atoms with Crippen LogP contribution in [0, 0.1) is 0 Å². The molecular formula is C18H22N2S. The minimum absolute atomic E-state index is 0.0443. The van der Waals surface area contributed by atoms with Crippen LogP contribution in [0.2, 0.25) is 0 Å². The van der Waals surface area contributed by atoms with Gasteiger partial charge in [-0.15, -0.1) is 11.3 Å². The van der Waals surface area contributed by atoms with E-state index < -0.39 is 0 Å². The molecule has 0 radical (unpaired) electrons. The van der Waals surface area contributed by atoms with Crippen LogP contribution in [0.4, 0.5) is 0 Å². The minimum atomic E-state index is 0.0443. The molecule has 1 saturated carbocycles. The highest BCUT2D eigenvalue weighted by atomic mass is 32.1. The molecule has 2 aliphatic carbocycles. The zero-order valence-electron chi connectivity index (χ0n) is 12.7. The highest BCUT2D eigenvalue weighted by molar-refractivity contribution is 7.09. The van der Waals surface area contributed by atoms with Crippen LogP contribution in [0.15, 0.2) is 29.6 Å². The summed E-state index contributed by atoms with van der Waals surface area (Å²) < 4.78 is 0. The Labute approximate surface area is 130 Å². The first-order valence-electron chi connectivity index (χ1n) is 7.97. The summed E-state index contributed by atoms with van der Waals surface area (Å²) in [4.78, 5) is 4.98. The maximum Gasteiger partial charge on any atom is 0.114 e. The molecule has 2 aliphatic rings. The van der Waals surface area contributed by atoms with E-state index in [0.717, 1.165) is 12.8 Å². The largest absolute Gasteiger partial charge is 0.302 e. The van der Waals surface area contributed by atoms with Gasteiger partial charge in [-0.1, -0.05) is 38.1 Å². The van der Waals surface area contributed by atoms with Gasteiger partial charge in [-0.2, -0.15) is 0 Å². The van der Waals surface area contributed by atoms with E-state index in [1.54, 1.807) is 0 Å². The number of hydrogen-bond donors (Lipinski definition) is 1. The van der Waals surface area contributed by atoms with Crippen molar-refractivity contribution in [3.63, 3.8) is 0 Å². The number of benzene rings is 1. The van der Waals surface area contributed by atoms with Gasteiger partial charge >= 0.3 is 0 Å². The van der Waals surface area contributed by atoms with Gasteiger partial charge < -0.3 is 5.32 Å². The number of thiazole rings is 1. The van der Waals surface area contributed by atoms with Crippen molar-refractivity contribution in [2.24, 2.45) is 0 Å². The summed E-state index contributed by atoms with van der Waals surface area (Å²) in [7, 11) is 0. The molecule has 2 aromatic rings. The minimum Gasteiger partial charge on any atom is -0.302 e. The van der Waals surface area contributed by atoms with Crippen LogP contribution in [0.3, 0.4) is 0 Å². The standard InChI is InChI=1S/C18H22N2S/c1-12(2)16-11-21-17(19-16)18(20-15-7-8-15)9-13-5-3-4-6-14(13)10-18/h3-6,11-12,15,20H,7-10H2,1-2H3. The Hall–Kier alpha value is -1.19. The average molecular weight is 298 g/mol. The zero-order valence-corrected chi connectivity index (χ0v) is 13.5. The summed E-state index contributed by atoms with van der Waals surface area (Å²) in [5.41, 5.74) is 4.27. The van der Waals surface area contributed by atoms with Gasteiger partial charge in [0.05, 0.1) is 11.2 Å². The summed E-state index contributed by atoms with van der Waals surface area (Å²) in [5.74, 6) is 0.511. The fraction of sp³-hybridized carbons (Fsp3) is 0.500. The van der Waals surface area contributed by atoms with Crippen molar-refractivity contribution >= 4 is 11.3 Å². The van der Waals surface area contributed by atoms with Gasteiger partial charge in [0.15, 0.2) is 0 Å². The van der Waals surface area contributed by atoms with E-state index in [0.29, 0.717) is 12.0 Å². The predicted octanol–water partition coefficient (Wildman–Crippen LogP) is 4.01. The SMILES string of the molecule is CC(C)c1csc(C2(NC3CC3)Cc3ccccc3C2)n1. The van der Waals surface area contributed by atoms with Crippen molar-refractivity contribution in [1.29, 1.82) is 0 Å². The molecule has 0 amide bonds. The van der Waals surface area contributed by atoms with Crippen LogP contribution in [0.5, 0.6) is 0 Å². The van der Waals surface area contributed by atoms with E-state index >= 15 is 0 Å². The quantitative estimate of drug-likeness (QED) is 0.922. The van der Waals surface area contributed by atoms with Crippen LogP contribution in [-0.2, 0) is 18.4 Å². The van der Waals surface area contributed by atoms with Crippen molar-refractivity contribution in [3.8, 4) is 0 Å². The Kier molecular flexibility index (Phi) is 3.16. The number of aromatic nitrogens is 1. The van der Waals surface area contributed by atoms with Crippen molar-refractivity contribution in [1.82, 2.24) is 10.3 Å². The molecule has 0 atom stereocenters. The molecule has 3 heteroatoms. The van der Waals surface area contributed by atoms with Crippen LogP contribution < -0.4 is 5.32 Å². The van der Waals surface area contributed by atoms with E-state index in [9.17, 15) is 0 Å². The number of nitrogens with one attached hydrogen (secondary N) is 1. The van der Waals surface area contributed by atoms with Crippen molar-refractivity contribution in [3.05, 3.63) is 51.5 Å². The molecule has 0 spiro atoms. The molecule has 0 unspecified atom stereocenters. The third-order valence-corrected chi connectivity index (χ3v) is 5.75. The summed E-state index contributed by atoms with van der Waals surface area (Å²) >= 11 is 1.84. The highest BCUT2D eigenvalue weighted by Gasteiger charge is 2.44. The third kappa shape index (κ3) is 2.43. The lowest BCUT2D eigenvalue weighted by molar-refractivity contribution is 0.343. The second-order valence-corrected chi connectivity index (χ2v) is 7.71. The molecular weight excluding hydrogens is 276 g/mol. The first-order valence-corrected chi connectivity index (χ1v) is 8.85. The third-order valence-electron chi connectivity index (χ3n) is 4.68. The molecule has 1 heterocycles. The normalized spacial score (nSPS) is 20.0. The maximum atomic E-state index is 4.98. The molecule has 0 aliphatic heterocycles. The van der Waals surface area contributed by atoms with Gasteiger partial charge in [0.2, 0.25) is 0 Å². The molecule has 1 aromatic carbocycles. The van der Waals surface area contributed by atoms with E-state index in [4.69, 9.17) is 4.98 Å². The van der Waals surface area contributed by atoms with Gasteiger partial charge in [0, 0.05) is 11.4 Å². The van der Waals surface area contributed by atoms with Crippen LogP contribution in [0.1, 0.15) is 54.4 Å². The lowest BCUT2D eigenvalue weighted by atomic mass is 9.96. The van der Waals surface area contributed by atoms with Crippen LogP contribution in [-0.4, -0.2) is 11.0 Å². The number of hydrogen-bond acceptors (Lipinski definition) is 3. The molecule has 110 valence electrons. The fourth-order valence-electron chi connectivity index (χ4n) is 3.32. The fourth-order valence-corrected chi connectivity index (χ4v) is 4.46. The van der Waals surface area contributed by atoms with Crippen molar-refractivity contribution in [2.75, 3.05) is 0 Å². The molecule has 1 N–H and O–H groups in total. The lowest BCUT2D eigenvalue weighted by Gasteiger charge is -2.28. The van der Waals surface area contributed by atoms with Gasteiger partial charge in [-0.25, -0.2) is 4.98 Å². The second-order valence-electron chi connectivity index (χ2n) is 6.86. The summed E-state index contributed by atoms with van der Waals surface area (Å²) in [6.07, 6.45) is 4.82. The average Bonchev–Trinajstić information content (AvgIpc) is 3.02. The van der Waals surface area contributed by atoms with Gasteiger partial charge in [-0.3, -0.25) is 0 Å². The molecule has 1 fully saturated rings. The summed E-state index contributed by atoms with van der Waals surface area (Å²) in [6.45, 7) is 4.45. The lowest BCUT2D eigenvalue weighted by Crippen LogP contribution is -2.44. The highest BCUT2D eigenvalue weighted by Crippen LogP contribution is 2.41. The molecule has 0 saturated heterocycles. The molecule has 4 rings (SSSR count). The summed E-state index contributed by atoms with van der Waals surface area (Å²) in [5, 5.41) is 7.47. The number of nitrogens with zero attached hydrogens (tertiary/aromatic N) is 1. The van der Waals surface area contributed by atoms with Crippen molar-refractivity contribution in [2.45, 2.75) is 57.0 Å². The zero-order chi connectivity index (χ0) is 14.4. The van der Waals surface area contributed by atoms with Gasteiger partial charge in [0.25, 0.3) is 0 Å². The van der Waals surface area contributed by atoms with Gasteiger partial charge in [-0.05, 0) is 42.7 Å². The van der Waals surface area contributed by atoms with Crippen molar-refractivity contribution < 1.29 is 0 Å². The number of rotatable bonds is 4. The van der Waals surface area contributed by atoms with E-state index in [1.807, 2.05) is 11.3 Å². The smallest absolute Gasteiger partial charge is 0.114 e. The van der Waals surface area contributed by atoms with E-state index in [1.165, 1.54) is 34.7 Å². The number of fused-ring (bicyclic) bond motifs is 1. The topological polar surface area (TPSA) is 24.9 Å². The van der Waals surface area contributed by atoms with Crippen LogP contribution in [0.25, 0.3) is 0 Å². The molecule has 0 bridgehead atoms.